The highest BCUT2D eigenvalue weighted by atomic mass is 35.5. The van der Waals surface area contributed by atoms with E-state index in [4.69, 9.17) is 18.2 Å². The van der Waals surface area contributed by atoms with Gasteiger partial charge in [0.25, 0.3) is 6.04 Å². The number of hydrogen-bond donors (Lipinski definition) is 1. The summed E-state index contributed by atoms with van der Waals surface area (Å²) < 4.78 is 0. The van der Waals surface area contributed by atoms with Crippen molar-refractivity contribution in [2.75, 3.05) is 0 Å². The Morgan fingerprint density at radius 2 is 2.11 bits per heavy atom. The van der Waals surface area contributed by atoms with Crippen molar-refractivity contribution in [1.82, 2.24) is 15.2 Å². The third-order valence-electron chi connectivity index (χ3n) is 4.68. The van der Waals surface area contributed by atoms with Gasteiger partial charge in [0.15, 0.2) is 0 Å². The van der Waals surface area contributed by atoms with E-state index in [-0.39, 0.29) is 0 Å². The fourth-order valence-corrected chi connectivity index (χ4v) is 3.49. The smallest absolute Gasteiger partial charge is 0.272 e. The van der Waals surface area contributed by atoms with Crippen molar-refractivity contribution in [3.8, 4) is 6.07 Å². The molecule has 27 heavy (non-hydrogen) atoms. The van der Waals surface area contributed by atoms with Crippen LogP contribution in [0.5, 0.6) is 0 Å². The first-order valence-corrected chi connectivity index (χ1v) is 8.61. The molecule has 0 saturated carbocycles. The summed E-state index contributed by atoms with van der Waals surface area (Å²) in [5, 5.41) is 18.2. The first-order valence-electron chi connectivity index (χ1n) is 8.23. The molecule has 0 radical (unpaired) electrons. The van der Waals surface area contributed by atoms with Gasteiger partial charge in [0.2, 0.25) is 0 Å². The van der Waals surface area contributed by atoms with E-state index in [2.05, 4.69) is 31.1 Å². The predicted molar refractivity (Wildman–Crippen MR) is 104 cm³/mol. The number of H-pyrrole nitrogens is 1. The lowest BCUT2D eigenvalue weighted by Crippen LogP contribution is -2.28. The Bertz CT molecular complexity index is 1170. The Morgan fingerprint density at radius 1 is 1.26 bits per heavy atom. The number of halogens is 1. The number of aromatic amines is 1. The largest absolute Gasteiger partial charge is 0.306 e. The number of hydrogen-bond acceptors (Lipinski definition) is 4. The number of nitriles is 1. The van der Waals surface area contributed by atoms with E-state index in [0.29, 0.717) is 27.7 Å². The average molecular weight is 373 g/mol. The highest BCUT2D eigenvalue weighted by Gasteiger charge is 2.39. The SMILES string of the molecule is [C-]#[N+]C1C(C)=NC(c2ccc(Cl)nc2)=C(C#N)C1c1ccc2[nH]ncc2c1. The molecule has 0 saturated heterocycles. The van der Waals surface area contributed by atoms with Gasteiger partial charge in [-0.25, -0.2) is 16.5 Å². The number of aromatic nitrogens is 3. The second-order valence-corrected chi connectivity index (χ2v) is 6.65. The quantitative estimate of drug-likeness (QED) is 0.535. The van der Waals surface area contributed by atoms with Crippen LogP contribution in [0, 0.1) is 17.9 Å². The third kappa shape index (κ3) is 2.87. The maximum absolute atomic E-state index is 9.94. The zero-order valence-electron chi connectivity index (χ0n) is 14.3. The third-order valence-corrected chi connectivity index (χ3v) is 4.91. The molecule has 130 valence electrons. The number of rotatable bonds is 2. The van der Waals surface area contributed by atoms with E-state index in [9.17, 15) is 5.26 Å². The molecular weight excluding hydrogens is 360 g/mol. The minimum absolute atomic E-state index is 0.371. The van der Waals surface area contributed by atoms with Gasteiger partial charge in [-0.15, -0.1) is 0 Å². The van der Waals surface area contributed by atoms with Crippen LogP contribution in [0.25, 0.3) is 21.4 Å². The minimum atomic E-state index is -0.534. The van der Waals surface area contributed by atoms with Crippen LogP contribution in [0.1, 0.15) is 24.0 Å². The Labute approximate surface area is 160 Å². The van der Waals surface area contributed by atoms with Gasteiger partial charge in [-0.2, -0.15) is 10.4 Å². The van der Waals surface area contributed by atoms with E-state index in [1.807, 2.05) is 25.1 Å². The Kier molecular flexibility index (Phi) is 4.19. The first-order chi connectivity index (χ1) is 13.1. The molecule has 0 fully saturated rings. The zero-order valence-corrected chi connectivity index (χ0v) is 15.1. The number of benzene rings is 1. The lowest BCUT2D eigenvalue weighted by atomic mass is 9.79. The molecular formula is C20H13ClN6. The minimum Gasteiger partial charge on any atom is -0.306 e. The molecule has 3 aromatic rings. The number of nitrogens with one attached hydrogen (secondary N) is 1. The molecule has 1 aliphatic rings. The number of fused-ring (bicyclic) bond motifs is 1. The second-order valence-electron chi connectivity index (χ2n) is 6.27. The molecule has 1 N–H and O–H groups in total. The van der Waals surface area contributed by atoms with Crippen LogP contribution in [0.15, 0.2) is 53.3 Å². The van der Waals surface area contributed by atoms with Gasteiger partial charge >= 0.3 is 0 Å². The molecule has 2 atom stereocenters. The molecule has 6 nitrogen and oxygen atoms in total. The fourth-order valence-electron chi connectivity index (χ4n) is 3.38. The molecule has 1 aromatic carbocycles. The van der Waals surface area contributed by atoms with Crippen LogP contribution in [-0.2, 0) is 0 Å². The number of nitrogens with zero attached hydrogens (tertiary/aromatic N) is 5. The van der Waals surface area contributed by atoms with E-state index in [1.54, 1.807) is 24.5 Å². The molecule has 0 bridgehead atoms. The highest BCUT2D eigenvalue weighted by Crippen LogP contribution is 2.40. The van der Waals surface area contributed by atoms with Crippen LogP contribution in [0.3, 0.4) is 0 Å². The predicted octanol–water partition coefficient (Wildman–Crippen LogP) is 4.39. The monoisotopic (exact) mass is 372 g/mol. The van der Waals surface area contributed by atoms with Crippen LogP contribution in [-0.4, -0.2) is 26.9 Å². The Morgan fingerprint density at radius 3 is 2.81 bits per heavy atom. The lowest BCUT2D eigenvalue weighted by molar-refractivity contribution is 0.795. The summed E-state index contributed by atoms with van der Waals surface area (Å²) in [5.41, 5.74) is 4.16. The molecule has 7 heteroatoms. The Hall–Kier alpha value is -3.48. The zero-order chi connectivity index (χ0) is 19.0. The van der Waals surface area contributed by atoms with E-state index < -0.39 is 12.0 Å². The first kappa shape index (κ1) is 17.0. The summed E-state index contributed by atoms with van der Waals surface area (Å²) in [6, 6.07) is 11.0. The normalized spacial score (nSPS) is 19.5. The van der Waals surface area contributed by atoms with Crippen molar-refractivity contribution >= 4 is 33.9 Å². The van der Waals surface area contributed by atoms with Gasteiger partial charge in [0.05, 0.1) is 34.8 Å². The van der Waals surface area contributed by atoms with Crippen molar-refractivity contribution in [3.05, 3.63) is 76.0 Å². The standard InChI is InChI=1S/C20H13ClN6/c1-11-19(23-2)18(12-3-5-16-14(7-12)10-25-27-16)15(8-22)20(26-11)13-4-6-17(21)24-9-13/h3-7,9-10,18-19H,1H3,(H,25,27). The van der Waals surface area contributed by atoms with Crippen LogP contribution >= 0.6 is 11.6 Å². The maximum atomic E-state index is 9.94. The number of aliphatic imine (C=N–C) groups is 1. The van der Waals surface area contributed by atoms with Crippen LogP contribution in [0.2, 0.25) is 5.15 Å². The van der Waals surface area contributed by atoms with Crippen LogP contribution < -0.4 is 0 Å². The summed E-state index contributed by atoms with van der Waals surface area (Å²) >= 11 is 5.89. The van der Waals surface area contributed by atoms with Gasteiger partial charge in [-0.3, -0.25) is 5.10 Å². The summed E-state index contributed by atoms with van der Waals surface area (Å²) in [4.78, 5) is 12.4. The summed E-state index contributed by atoms with van der Waals surface area (Å²) in [6.45, 7) is 9.49. The molecule has 0 spiro atoms. The van der Waals surface area contributed by atoms with Crippen molar-refractivity contribution in [2.24, 2.45) is 4.99 Å². The molecule has 2 aromatic heterocycles. The fraction of sp³-hybridized carbons (Fsp3) is 0.150. The van der Waals surface area contributed by atoms with Gasteiger partial charge < -0.3 is 4.85 Å². The average Bonchev–Trinajstić information content (AvgIpc) is 3.15. The lowest BCUT2D eigenvalue weighted by Gasteiger charge is -2.24. The van der Waals surface area contributed by atoms with Crippen LogP contribution in [0.4, 0.5) is 0 Å². The molecule has 4 rings (SSSR count). The summed E-state index contributed by atoms with van der Waals surface area (Å²) in [5.74, 6) is -0.407. The molecule has 2 unspecified atom stereocenters. The second kappa shape index (κ2) is 6.68. The van der Waals surface area contributed by atoms with Gasteiger partial charge in [-0.05, 0) is 36.8 Å². The van der Waals surface area contributed by atoms with Gasteiger partial charge in [-0.1, -0.05) is 17.7 Å². The van der Waals surface area contributed by atoms with Crippen molar-refractivity contribution in [3.63, 3.8) is 0 Å². The maximum Gasteiger partial charge on any atom is 0.272 e. The van der Waals surface area contributed by atoms with E-state index in [1.165, 1.54) is 0 Å². The van der Waals surface area contributed by atoms with Gasteiger partial charge in [0.1, 0.15) is 11.1 Å². The molecule has 1 aliphatic heterocycles. The van der Waals surface area contributed by atoms with E-state index in [0.717, 1.165) is 16.5 Å². The summed E-state index contributed by atoms with van der Waals surface area (Å²) in [7, 11) is 0. The number of pyridine rings is 1. The van der Waals surface area contributed by atoms with Crippen molar-refractivity contribution < 1.29 is 0 Å². The molecule has 0 aliphatic carbocycles. The van der Waals surface area contributed by atoms with Gasteiger partial charge in [0, 0.05) is 17.1 Å². The highest BCUT2D eigenvalue weighted by molar-refractivity contribution is 6.29. The van der Waals surface area contributed by atoms with E-state index >= 15 is 0 Å². The molecule has 0 amide bonds. The Balaban J connectivity index is 1.93. The van der Waals surface area contributed by atoms with Crippen molar-refractivity contribution in [1.29, 1.82) is 5.26 Å². The summed E-state index contributed by atoms with van der Waals surface area (Å²) in [6.07, 6.45) is 3.33. The van der Waals surface area contributed by atoms with Crippen molar-refractivity contribution in [2.45, 2.75) is 18.9 Å². The molecule has 3 heterocycles. The topological polar surface area (TPSA) is 82.1 Å².